The molecule has 1 rings (SSSR count). The summed E-state index contributed by atoms with van der Waals surface area (Å²) < 4.78 is 0. The molecule has 1 aromatic rings. The van der Waals surface area contributed by atoms with Crippen LogP contribution in [0.2, 0.25) is 0 Å². The lowest BCUT2D eigenvalue weighted by Gasteiger charge is -2.13. The number of aromatic nitrogens is 1. The van der Waals surface area contributed by atoms with E-state index in [1.165, 1.54) is 17.8 Å². The minimum Gasteiger partial charge on any atom is -0.316 e. The van der Waals surface area contributed by atoms with E-state index in [2.05, 4.69) is 29.5 Å². The Labute approximate surface area is 90.8 Å². The first-order valence-electron chi connectivity index (χ1n) is 5.45. The summed E-state index contributed by atoms with van der Waals surface area (Å²) in [5, 5.41) is 6.81. The molecule has 1 atom stereocenters. The Hall–Kier alpha value is -0.410. The number of rotatable bonds is 7. The number of nitrogens with zero attached hydrogens (tertiary/aromatic N) is 1. The van der Waals surface area contributed by atoms with Crippen LogP contribution in [0.15, 0.2) is 11.6 Å². The molecule has 3 heteroatoms. The van der Waals surface area contributed by atoms with Gasteiger partial charge in [-0.3, -0.25) is 0 Å². The fourth-order valence-corrected chi connectivity index (χ4v) is 2.18. The molecule has 0 saturated carbocycles. The average Bonchev–Trinajstić information content (AvgIpc) is 2.69. The SMILES string of the molecule is CCCNCC(CC)Cc1nccs1. The third-order valence-electron chi connectivity index (χ3n) is 2.38. The van der Waals surface area contributed by atoms with E-state index < -0.39 is 0 Å². The average molecular weight is 212 g/mol. The predicted molar refractivity (Wildman–Crippen MR) is 62.8 cm³/mol. The van der Waals surface area contributed by atoms with Crippen molar-refractivity contribution >= 4 is 11.3 Å². The molecule has 0 fully saturated rings. The highest BCUT2D eigenvalue weighted by atomic mass is 32.1. The van der Waals surface area contributed by atoms with Gasteiger partial charge < -0.3 is 5.32 Å². The predicted octanol–water partition coefficient (Wildman–Crippen LogP) is 2.71. The maximum atomic E-state index is 4.32. The van der Waals surface area contributed by atoms with E-state index in [-0.39, 0.29) is 0 Å². The van der Waals surface area contributed by atoms with Crippen molar-refractivity contribution in [1.82, 2.24) is 10.3 Å². The molecule has 0 aliphatic heterocycles. The Kier molecular flexibility index (Phi) is 5.80. The van der Waals surface area contributed by atoms with Gasteiger partial charge in [-0.1, -0.05) is 20.3 Å². The van der Waals surface area contributed by atoms with E-state index in [9.17, 15) is 0 Å². The summed E-state index contributed by atoms with van der Waals surface area (Å²) in [5.41, 5.74) is 0. The van der Waals surface area contributed by atoms with Crippen LogP contribution in [0.3, 0.4) is 0 Å². The molecule has 0 amide bonds. The lowest BCUT2D eigenvalue weighted by molar-refractivity contribution is 0.460. The van der Waals surface area contributed by atoms with Gasteiger partial charge in [-0.15, -0.1) is 11.3 Å². The van der Waals surface area contributed by atoms with E-state index in [1.807, 2.05) is 6.20 Å². The third-order valence-corrected chi connectivity index (χ3v) is 3.19. The zero-order valence-corrected chi connectivity index (χ0v) is 9.94. The molecule has 1 aromatic heterocycles. The van der Waals surface area contributed by atoms with E-state index in [4.69, 9.17) is 0 Å². The maximum Gasteiger partial charge on any atom is 0.0928 e. The van der Waals surface area contributed by atoms with Crippen molar-refractivity contribution in [3.63, 3.8) is 0 Å². The van der Waals surface area contributed by atoms with Crippen LogP contribution in [-0.2, 0) is 6.42 Å². The van der Waals surface area contributed by atoms with Crippen molar-refractivity contribution in [1.29, 1.82) is 0 Å². The second-order valence-electron chi connectivity index (χ2n) is 3.61. The molecule has 1 N–H and O–H groups in total. The summed E-state index contributed by atoms with van der Waals surface area (Å²) in [6.07, 6.45) is 5.47. The van der Waals surface area contributed by atoms with Gasteiger partial charge >= 0.3 is 0 Å². The molecule has 2 nitrogen and oxygen atoms in total. The summed E-state index contributed by atoms with van der Waals surface area (Å²) in [5.74, 6) is 0.743. The van der Waals surface area contributed by atoms with Crippen LogP contribution in [0.4, 0.5) is 0 Å². The first-order valence-corrected chi connectivity index (χ1v) is 6.33. The molecule has 0 aliphatic rings. The first kappa shape index (κ1) is 11.7. The fraction of sp³-hybridized carbons (Fsp3) is 0.727. The fourth-order valence-electron chi connectivity index (χ4n) is 1.44. The first-order chi connectivity index (χ1) is 6.86. The van der Waals surface area contributed by atoms with E-state index in [0.717, 1.165) is 25.4 Å². The number of hydrogen-bond donors (Lipinski definition) is 1. The van der Waals surface area contributed by atoms with Gasteiger partial charge in [-0.05, 0) is 25.4 Å². The summed E-state index contributed by atoms with van der Waals surface area (Å²) in [6.45, 7) is 6.72. The van der Waals surface area contributed by atoms with E-state index in [0.29, 0.717) is 0 Å². The Bertz CT molecular complexity index is 221. The molecule has 80 valence electrons. The molecule has 0 aromatic carbocycles. The van der Waals surface area contributed by atoms with Crippen LogP contribution in [-0.4, -0.2) is 18.1 Å². The third kappa shape index (κ3) is 4.20. The zero-order valence-electron chi connectivity index (χ0n) is 9.12. The van der Waals surface area contributed by atoms with Crippen LogP contribution < -0.4 is 5.32 Å². The van der Waals surface area contributed by atoms with E-state index >= 15 is 0 Å². The standard InChI is InChI=1S/C11H20N2S/c1-3-5-12-9-10(4-2)8-11-13-6-7-14-11/h6-7,10,12H,3-5,8-9H2,1-2H3. The summed E-state index contributed by atoms with van der Waals surface area (Å²) in [6, 6.07) is 0. The van der Waals surface area contributed by atoms with Crippen molar-refractivity contribution in [2.24, 2.45) is 5.92 Å². The Balaban J connectivity index is 2.24. The van der Waals surface area contributed by atoms with Crippen molar-refractivity contribution in [2.75, 3.05) is 13.1 Å². The summed E-state index contributed by atoms with van der Waals surface area (Å²) in [4.78, 5) is 4.32. The lowest BCUT2D eigenvalue weighted by atomic mass is 10.0. The molecule has 0 bridgehead atoms. The Morgan fingerprint density at radius 3 is 2.93 bits per heavy atom. The summed E-state index contributed by atoms with van der Waals surface area (Å²) >= 11 is 1.77. The van der Waals surface area contributed by atoms with Crippen molar-refractivity contribution < 1.29 is 0 Å². The van der Waals surface area contributed by atoms with Gasteiger partial charge in [0.1, 0.15) is 0 Å². The second kappa shape index (κ2) is 6.96. The monoisotopic (exact) mass is 212 g/mol. The quantitative estimate of drug-likeness (QED) is 0.703. The number of thiazole rings is 1. The molecule has 1 heterocycles. The molecule has 14 heavy (non-hydrogen) atoms. The van der Waals surface area contributed by atoms with Gasteiger partial charge in [0, 0.05) is 18.0 Å². The summed E-state index contributed by atoms with van der Waals surface area (Å²) in [7, 11) is 0. The minimum absolute atomic E-state index is 0.743. The molecule has 0 saturated heterocycles. The molecular formula is C11H20N2S. The van der Waals surface area contributed by atoms with Crippen molar-refractivity contribution in [3.8, 4) is 0 Å². The number of nitrogens with one attached hydrogen (secondary N) is 1. The Morgan fingerprint density at radius 2 is 2.36 bits per heavy atom. The highest BCUT2D eigenvalue weighted by Crippen LogP contribution is 2.13. The van der Waals surface area contributed by atoms with Crippen LogP contribution >= 0.6 is 11.3 Å². The highest BCUT2D eigenvalue weighted by Gasteiger charge is 2.08. The van der Waals surface area contributed by atoms with Gasteiger partial charge in [0.05, 0.1) is 5.01 Å². The van der Waals surface area contributed by atoms with Crippen molar-refractivity contribution in [3.05, 3.63) is 16.6 Å². The zero-order chi connectivity index (χ0) is 10.2. The Morgan fingerprint density at radius 1 is 1.50 bits per heavy atom. The van der Waals surface area contributed by atoms with Crippen LogP contribution in [0.5, 0.6) is 0 Å². The smallest absolute Gasteiger partial charge is 0.0928 e. The van der Waals surface area contributed by atoms with E-state index in [1.54, 1.807) is 11.3 Å². The minimum atomic E-state index is 0.743. The molecule has 0 spiro atoms. The van der Waals surface area contributed by atoms with Crippen LogP contribution in [0, 0.1) is 5.92 Å². The van der Waals surface area contributed by atoms with Crippen LogP contribution in [0.1, 0.15) is 31.7 Å². The van der Waals surface area contributed by atoms with Crippen LogP contribution in [0.25, 0.3) is 0 Å². The van der Waals surface area contributed by atoms with Gasteiger partial charge in [0.25, 0.3) is 0 Å². The topological polar surface area (TPSA) is 24.9 Å². The highest BCUT2D eigenvalue weighted by molar-refractivity contribution is 7.09. The molecular weight excluding hydrogens is 192 g/mol. The lowest BCUT2D eigenvalue weighted by Crippen LogP contribution is -2.24. The largest absolute Gasteiger partial charge is 0.316 e. The normalized spacial score (nSPS) is 13.0. The molecule has 1 unspecified atom stereocenters. The second-order valence-corrected chi connectivity index (χ2v) is 4.59. The molecule has 0 radical (unpaired) electrons. The maximum absolute atomic E-state index is 4.32. The van der Waals surface area contributed by atoms with Gasteiger partial charge in [0.15, 0.2) is 0 Å². The van der Waals surface area contributed by atoms with Gasteiger partial charge in [-0.2, -0.15) is 0 Å². The van der Waals surface area contributed by atoms with Gasteiger partial charge in [-0.25, -0.2) is 4.98 Å². The van der Waals surface area contributed by atoms with Crippen molar-refractivity contribution in [2.45, 2.75) is 33.1 Å². The number of hydrogen-bond acceptors (Lipinski definition) is 3. The molecule has 0 aliphatic carbocycles. The van der Waals surface area contributed by atoms with Gasteiger partial charge in [0.2, 0.25) is 0 Å².